The molecule has 0 atom stereocenters. The van der Waals surface area contributed by atoms with Crippen LogP contribution in [0.2, 0.25) is 0 Å². The average Bonchev–Trinajstić information content (AvgIpc) is 2.62. The third-order valence-corrected chi connectivity index (χ3v) is 3.55. The van der Waals surface area contributed by atoms with Crippen molar-refractivity contribution in [1.82, 2.24) is 21.5 Å². The van der Waals surface area contributed by atoms with Gasteiger partial charge in [-0.2, -0.15) is 10.2 Å². The largest absolute Gasteiger partial charge is 0.481 e. The van der Waals surface area contributed by atoms with Crippen molar-refractivity contribution in [3.8, 4) is 0 Å². The zero-order valence-corrected chi connectivity index (χ0v) is 15.5. The van der Waals surface area contributed by atoms with Crippen LogP contribution in [0.5, 0.6) is 0 Å². The van der Waals surface area contributed by atoms with Crippen LogP contribution in [-0.4, -0.2) is 47.3 Å². The molecule has 0 aliphatic carbocycles. The summed E-state index contributed by atoms with van der Waals surface area (Å²) in [6.45, 7) is 0. The molecule has 0 aliphatic rings. The number of nitrogens with zero attached hydrogens (tertiary/aromatic N) is 2. The van der Waals surface area contributed by atoms with Crippen molar-refractivity contribution in [1.29, 1.82) is 0 Å². The van der Waals surface area contributed by atoms with E-state index >= 15 is 0 Å². The molecule has 134 valence electrons. The molecule has 10 heteroatoms. The van der Waals surface area contributed by atoms with Gasteiger partial charge in [0, 0.05) is 26.1 Å². The highest BCUT2D eigenvalue weighted by atomic mass is 32.1. The Morgan fingerprint density at radius 2 is 1.72 bits per heavy atom. The standard InChI is InChI=1S/C15H20N6O2S2/c1-16-14(24)20-18-9-12(19-21-15(25)17-2)11-6-3-10(4-7-11)5-8-13(22)23/h3-4,6-7,9H,5,8H2,1-2H3,(H,22,23)(H2,16,20,24)(H2,17,21,25)/b18-9+,19-12+. The lowest BCUT2D eigenvalue weighted by Crippen LogP contribution is -2.30. The van der Waals surface area contributed by atoms with Gasteiger partial charge in [-0.25, -0.2) is 0 Å². The number of hydrogen-bond donors (Lipinski definition) is 5. The Kier molecular flexibility index (Phi) is 9.04. The maximum atomic E-state index is 10.6. The van der Waals surface area contributed by atoms with Crippen LogP contribution in [0.3, 0.4) is 0 Å². The molecule has 1 aromatic rings. The minimum atomic E-state index is -0.824. The van der Waals surface area contributed by atoms with E-state index < -0.39 is 5.97 Å². The Hall–Kier alpha value is -2.59. The molecule has 8 nitrogen and oxygen atoms in total. The van der Waals surface area contributed by atoms with Crippen molar-refractivity contribution in [2.45, 2.75) is 12.8 Å². The third-order valence-electron chi connectivity index (χ3n) is 2.96. The lowest BCUT2D eigenvalue weighted by Gasteiger charge is -2.06. The second-order valence-electron chi connectivity index (χ2n) is 4.73. The van der Waals surface area contributed by atoms with Gasteiger partial charge in [-0.1, -0.05) is 24.3 Å². The predicted molar refractivity (Wildman–Crippen MR) is 107 cm³/mol. The molecule has 0 fully saturated rings. The van der Waals surface area contributed by atoms with Crippen molar-refractivity contribution in [3.05, 3.63) is 35.4 Å². The number of rotatable bonds is 7. The molecular weight excluding hydrogens is 360 g/mol. The van der Waals surface area contributed by atoms with E-state index in [1.165, 1.54) is 6.21 Å². The smallest absolute Gasteiger partial charge is 0.303 e. The van der Waals surface area contributed by atoms with E-state index in [1.54, 1.807) is 14.1 Å². The summed E-state index contributed by atoms with van der Waals surface area (Å²) < 4.78 is 0. The van der Waals surface area contributed by atoms with Gasteiger partial charge in [0.15, 0.2) is 10.2 Å². The molecule has 0 saturated heterocycles. The molecule has 0 saturated carbocycles. The minimum absolute atomic E-state index is 0.0884. The maximum absolute atomic E-state index is 10.6. The molecule has 0 radical (unpaired) electrons. The highest BCUT2D eigenvalue weighted by Gasteiger charge is 2.04. The summed E-state index contributed by atoms with van der Waals surface area (Å²) in [5, 5.41) is 23.2. The molecule has 25 heavy (non-hydrogen) atoms. The molecular formula is C15H20N6O2S2. The summed E-state index contributed by atoms with van der Waals surface area (Å²) in [5.74, 6) is -0.824. The van der Waals surface area contributed by atoms with Crippen LogP contribution in [0.25, 0.3) is 0 Å². The number of hydrazone groups is 2. The van der Waals surface area contributed by atoms with Gasteiger partial charge in [0.25, 0.3) is 0 Å². The SMILES string of the molecule is CNC(=S)N/N=C(\C=N\NC(=S)NC)c1ccc(CCC(=O)O)cc1. The van der Waals surface area contributed by atoms with Crippen molar-refractivity contribution >= 4 is 52.6 Å². The van der Waals surface area contributed by atoms with E-state index in [4.69, 9.17) is 29.5 Å². The number of aliphatic carboxylic acids is 1. The van der Waals surface area contributed by atoms with Crippen LogP contribution in [0.1, 0.15) is 17.5 Å². The first kappa shape index (κ1) is 20.5. The van der Waals surface area contributed by atoms with Crippen LogP contribution < -0.4 is 21.5 Å². The van der Waals surface area contributed by atoms with E-state index in [-0.39, 0.29) is 6.42 Å². The number of hydrogen-bond acceptors (Lipinski definition) is 5. The normalized spacial score (nSPS) is 11.0. The number of nitrogens with one attached hydrogen (secondary N) is 4. The van der Waals surface area contributed by atoms with Gasteiger partial charge in [0.1, 0.15) is 5.71 Å². The summed E-state index contributed by atoms with van der Waals surface area (Å²) >= 11 is 9.95. The number of carbonyl (C=O) groups is 1. The Balaban J connectivity index is 2.91. The molecule has 0 spiro atoms. The zero-order chi connectivity index (χ0) is 18.7. The van der Waals surface area contributed by atoms with E-state index in [1.807, 2.05) is 24.3 Å². The first-order valence-electron chi connectivity index (χ1n) is 7.33. The zero-order valence-electron chi connectivity index (χ0n) is 13.9. The highest BCUT2D eigenvalue weighted by molar-refractivity contribution is 7.80. The quantitative estimate of drug-likeness (QED) is 0.265. The molecule has 1 rings (SSSR count). The number of aryl methyl sites for hydroxylation is 1. The van der Waals surface area contributed by atoms with Gasteiger partial charge in [-0.15, -0.1) is 0 Å². The Labute approximate surface area is 156 Å². The van der Waals surface area contributed by atoms with Gasteiger partial charge in [0.2, 0.25) is 0 Å². The van der Waals surface area contributed by atoms with E-state index in [0.717, 1.165) is 11.1 Å². The van der Waals surface area contributed by atoms with Crippen LogP contribution in [0.4, 0.5) is 0 Å². The number of carboxylic acid groups (broad SMARTS) is 1. The molecule has 0 unspecified atom stereocenters. The minimum Gasteiger partial charge on any atom is -0.481 e. The second kappa shape index (κ2) is 11.0. The number of benzene rings is 1. The topological polar surface area (TPSA) is 110 Å². The highest BCUT2D eigenvalue weighted by Crippen LogP contribution is 2.07. The predicted octanol–water partition coefficient (Wildman–Crippen LogP) is 0.582. The van der Waals surface area contributed by atoms with Gasteiger partial charge in [-0.05, 0) is 36.4 Å². The number of carboxylic acids is 1. The lowest BCUT2D eigenvalue weighted by atomic mass is 10.1. The first-order chi connectivity index (χ1) is 12.0. The average molecular weight is 380 g/mol. The summed E-state index contributed by atoms with van der Waals surface area (Å²) in [4.78, 5) is 10.6. The van der Waals surface area contributed by atoms with Crippen LogP contribution in [0, 0.1) is 0 Å². The Bertz CT molecular complexity index is 673. The van der Waals surface area contributed by atoms with Gasteiger partial charge >= 0.3 is 5.97 Å². The van der Waals surface area contributed by atoms with Crippen molar-refractivity contribution in [3.63, 3.8) is 0 Å². The Morgan fingerprint density at radius 3 is 2.28 bits per heavy atom. The summed E-state index contributed by atoms with van der Waals surface area (Å²) in [6, 6.07) is 7.37. The monoisotopic (exact) mass is 380 g/mol. The van der Waals surface area contributed by atoms with Crippen LogP contribution in [0.15, 0.2) is 34.5 Å². The summed E-state index contributed by atoms with van der Waals surface area (Å²) in [7, 11) is 3.37. The van der Waals surface area contributed by atoms with Crippen molar-refractivity contribution in [2.75, 3.05) is 14.1 Å². The molecule has 0 aromatic heterocycles. The number of thiocarbonyl (C=S) groups is 2. The van der Waals surface area contributed by atoms with Crippen LogP contribution in [-0.2, 0) is 11.2 Å². The van der Waals surface area contributed by atoms with Crippen molar-refractivity contribution in [2.24, 2.45) is 10.2 Å². The molecule has 5 N–H and O–H groups in total. The maximum Gasteiger partial charge on any atom is 0.303 e. The molecule has 0 aliphatic heterocycles. The van der Waals surface area contributed by atoms with Gasteiger partial charge in [0.05, 0.1) is 6.21 Å². The summed E-state index contributed by atoms with van der Waals surface area (Å²) in [5.41, 5.74) is 7.58. The molecule has 1 aromatic carbocycles. The van der Waals surface area contributed by atoms with Gasteiger partial charge < -0.3 is 15.7 Å². The Morgan fingerprint density at radius 1 is 1.12 bits per heavy atom. The molecule has 0 amide bonds. The lowest BCUT2D eigenvalue weighted by molar-refractivity contribution is -0.136. The first-order valence-corrected chi connectivity index (χ1v) is 8.15. The fourth-order valence-electron chi connectivity index (χ4n) is 1.64. The third kappa shape index (κ3) is 8.18. The van der Waals surface area contributed by atoms with E-state index in [2.05, 4.69) is 31.7 Å². The molecule has 0 bridgehead atoms. The summed E-state index contributed by atoms with van der Waals surface area (Å²) in [6.07, 6.45) is 2.06. The van der Waals surface area contributed by atoms with Crippen LogP contribution >= 0.6 is 24.4 Å². The molecule has 0 heterocycles. The van der Waals surface area contributed by atoms with E-state index in [9.17, 15) is 4.79 Å². The van der Waals surface area contributed by atoms with Gasteiger partial charge in [-0.3, -0.25) is 15.6 Å². The van der Waals surface area contributed by atoms with Crippen molar-refractivity contribution < 1.29 is 9.90 Å². The fraction of sp³-hybridized carbons (Fsp3) is 0.267. The van der Waals surface area contributed by atoms with E-state index in [0.29, 0.717) is 22.4 Å². The fourth-order valence-corrected chi connectivity index (χ4v) is 1.73. The second-order valence-corrected chi connectivity index (χ2v) is 5.54.